The summed E-state index contributed by atoms with van der Waals surface area (Å²) in [6.45, 7) is 9.87. The Kier molecular flexibility index (Phi) is 4.79. The van der Waals surface area contributed by atoms with Crippen LogP contribution >= 0.6 is 0 Å². The lowest BCUT2D eigenvalue weighted by atomic mass is 9.96. The second-order valence-corrected chi connectivity index (χ2v) is 7.46. The summed E-state index contributed by atoms with van der Waals surface area (Å²) < 4.78 is 10.9. The maximum absolute atomic E-state index is 12.4. The van der Waals surface area contributed by atoms with Gasteiger partial charge in [0.2, 0.25) is 11.8 Å². The Bertz CT molecular complexity index is 748. The number of nitrogens with zero attached hydrogens (tertiary/aromatic N) is 3. The van der Waals surface area contributed by atoms with E-state index in [-0.39, 0.29) is 17.2 Å². The highest BCUT2D eigenvalue weighted by Crippen LogP contribution is 2.30. The SMILES string of the molecule is CCOc1cccc(CN2CC(c3nc(C(C)(C)C)no3)CC2=O)c1. The van der Waals surface area contributed by atoms with Gasteiger partial charge < -0.3 is 14.2 Å². The zero-order chi connectivity index (χ0) is 18.0. The van der Waals surface area contributed by atoms with Crippen molar-refractivity contribution in [2.45, 2.75) is 52.0 Å². The number of ether oxygens (including phenoxy) is 1. The molecule has 1 fully saturated rings. The molecular formula is C19H25N3O3. The first-order chi connectivity index (χ1) is 11.9. The lowest BCUT2D eigenvalue weighted by molar-refractivity contribution is -0.128. The van der Waals surface area contributed by atoms with Crippen molar-refractivity contribution < 1.29 is 14.1 Å². The van der Waals surface area contributed by atoms with Gasteiger partial charge >= 0.3 is 0 Å². The van der Waals surface area contributed by atoms with Crippen LogP contribution in [0.1, 0.15) is 57.3 Å². The summed E-state index contributed by atoms with van der Waals surface area (Å²) in [6, 6.07) is 7.86. The standard InChI is InChI=1S/C19H25N3O3/c1-5-24-15-8-6-7-13(9-15)11-22-12-14(10-16(22)23)17-20-18(21-25-17)19(2,3)4/h6-9,14H,5,10-12H2,1-4H3. The van der Waals surface area contributed by atoms with E-state index in [1.54, 1.807) is 0 Å². The molecule has 2 aromatic rings. The van der Waals surface area contributed by atoms with E-state index in [0.717, 1.165) is 11.3 Å². The van der Waals surface area contributed by atoms with Gasteiger partial charge in [-0.15, -0.1) is 0 Å². The number of rotatable bonds is 5. The van der Waals surface area contributed by atoms with Gasteiger partial charge in [-0.3, -0.25) is 4.79 Å². The minimum Gasteiger partial charge on any atom is -0.494 e. The quantitative estimate of drug-likeness (QED) is 0.833. The monoisotopic (exact) mass is 343 g/mol. The molecule has 2 heterocycles. The Labute approximate surface area is 148 Å². The summed E-state index contributed by atoms with van der Waals surface area (Å²) >= 11 is 0. The number of benzene rings is 1. The summed E-state index contributed by atoms with van der Waals surface area (Å²) in [6.07, 6.45) is 0.414. The smallest absolute Gasteiger partial charge is 0.232 e. The van der Waals surface area contributed by atoms with Gasteiger partial charge in [-0.1, -0.05) is 38.1 Å². The third kappa shape index (κ3) is 4.00. The molecule has 0 N–H and O–H groups in total. The number of hydrogen-bond donors (Lipinski definition) is 0. The van der Waals surface area contributed by atoms with Gasteiger partial charge in [0.25, 0.3) is 0 Å². The molecule has 0 saturated carbocycles. The molecule has 0 radical (unpaired) electrons. The molecule has 1 saturated heterocycles. The molecule has 1 aromatic heterocycles. The van der Waals surface area contributed by atoms with E-state index in [1.807, 2.05) is 56.9 Å². The van der Waals surface area contributed by atoms with Crippen LogP contribution in [0.15, 0.2) is 28.8 Å². The van der Waals surface area contributed by atoms with E-state index in [0.29, 0.717) is 37.8 Å². The summed E-state index contributed by atoms with van der Waals surface area (Å²) in [7, 11) is 0. The van der Waals surface area contributed by atoms with Crippen LogP contribution in [0.5, 0.6) is 5.75 Å². The zero-order valence-corrected chi connectivity index (χ0v) is 15.3. The fourth-order valence-electron chi connectivity index (χ4n) is 2.92. The van der Waals surface area contributed by atoms with Crippen LogP contribution in [-0.4, -0.2) is 34.1 Å². The molecule has 134 valence electrons. The second-order valence-electron chi connectivity index (χ2n) is 7.46. The number of carbonyl (C=O) groups is 1. The Hall–Kier alpha value is -2.37. The summed E-state index contributed by atoms with van der Waals surface area (Å²) in [5.41, 5.74) is 0.893. The molecule has 6 nitrogen and oxygen atoms in total. The van der Waals surface area contributed by atoms with Crippen molar-refractivity contribution in [2.24, 2.45) is 0 Å². The molecule has 0 spiro atoms. The first kappa shape index (κ1) is 17.5. The van der Waals surface area contributed by atoms with Crippen molar-refractivity contribution in [3.05, 3.63) is 41.5 Å². The Morgan fingerprint density at radius 3 is 2.84 bits per heavy atom. The van der Waals surface area contributed by atoms with Crippen molar-refractivity contribution >= 4 is 5.91 Å². The largest absolute Gasteiger partial charge is 0.494 e. The molecule has 1 aromatic carbocycles. The van der Waals surface area contributed by atoms with Crippen molar-refractivity contribution in [1.82, 2.24) is 15.0 Å². The van der Waals surface area contributed by atoms with Crippen LogP contribution < -0.4 is 4.74 Å². The van der Waals surface area contributed by atoms with E-state index in [9.17, 15) is 4.79 Å². The van der Waals surface area contributed by atoms with Gasteiger partial charge in [-0.05, 0) is 24.6 Å². The van der Waals surface area contributed by atoms with Crippen LogP contribution in [0.3, 0.4) is 0 Å². The molecule has 0 bridgehead atoms. The summed E-state index contributed by atoms with van der Waals surface area (Å²) in [5.74, 6) is 2.14. The maximum atomic E-state index is 12.4. The van der Waals surface area contributed by atoms with E-state index in [1.165, 1.54) is 0 Å². The molecular weight excluding hydrogens is 318 g/mol. The van der Waals surface area contributed by atoms with Gasteiger partial charge in [0.15, 0.2) is 5.82 Å². The molecule has 1 aliphatic heterocycles. The fraction of sp³-hybridized carbons (Fsp3) is 0.526. The van der Waals surface area contributed by atoms with Crippen LogP contribution in [0.25, 0.3) is 0 Å². The maximum Gasteiger partial charge on any atom is 0.232 e. The van der Waals surface area contributed by atoms with Gasteiger partial charge in [0.1, 0.15) is 5.75 Å². The predicted octanol–water partition coefficient (Wildman–Crippen LogP) is 3.28. The minimum absolute atomic E-state index is 0.0359. The van der Waals surface area contributed by atoms with Gasteiger partial charge in [-0.2, -0.15) is 4.98 Å². The Morgan fingerprint density at radius 1 is 1.36 bits per heavy atom. The topological polar surface area (TPSA) is 68.5 Å². The number of carbonyl (C=O) groups excluding carboxylic acids is 1. The molecule has 6 heteroatoms. The summed E-state index contributed by atoms with van der Waals surface area (Å²) in [4.78, 5) is 18.7. The molecule has 1 atom stereocenters. The Morgan fingerprint density at radius 2 is 2.16 bits per heavy atom. The van der Waals surface area contributed by atoms with Crippen LogP contribution in [0.4, 0.5) is 0 Å². The van der Waals surface area contributed by atoms with Gasteiger partial charge in [-0.25, -0.2) is 0 Å². The zero-order valence-electron chi connectivity index (χ0n) is 15.3. The lowest BCUT2D eigenvalue weighted by Gasteiger charge is -2.16. The van der Waals surface area contributed by atoms with Gasteiger partial charge in [0, 0.05) is 24.9 Å². The first-order valence-corrected chi connectivity index (χ1v) is 8.70. The minimum atomic E-state index is -0.163. The number of aromatic nitrogens is 2. The molecule has 1 unspecified atom stereocenters. The normalized spacial score (nSPS) is 18.0. The van der Waals surface area contributed by atoms with Crippen molar-refractivity contribution in [1.29, 1.82) is 0 Å². The van der Waals surface area contributed by atoms with Crippen LogP contribution in [-0.2, 0) is 16.8 Å². The second kappa shape index (κ2) is 6.86. The highest BCUT2D eigenvalue weighted by molar-refractivity contribution is 5.79. The predicted molar refractivity (Wildman–Crippen MR) is 93.4 cm³/mol. The lowest BCUT2D eigenvalue weighted by Crippen LogP contribution is -2.24. The van der Waals surface area contributed by atoms with Crippen molar-refractivity contribution in [3.8, 4) is 5.75 Å². The van der Waals surface area contributed by atoms with Crippen molar-refractivity contribution in [2.75, 3.05) is 13.2 Å². The molecule has 1 aliphatic rings. The highest BCUT2D eigenvalue weighted by Gasteiger charge is 2.35. The van der Waals surface area contributed by atoms with Crippen LogP contribution in [0, 0.1) is 0 Å². The average molecular weight is 343 g/mol. The van der Waals surface area contributed by atoms with E-state index < -0.39 is 0 Å². The highest BCUT2D eigenvalue weighted by atomic mass is 16.5. The van der Waals surface area contributed by atoms with E-state index in [4.69, 9.17) is 9.26 Å². The van der Waals surface area contributed by atoms with E-state index >= 15 is 0 Å². The van der Waals surface area contributed by atoms with Crippen LogP contribution in [0.2, 0.25) is 0 Å². The first-order valence-electron chi connectivity index (χ1n) is 8.70. The number of amides is 1. The molecule has 1 amide bonds. The third-order valence-corrected chi connectivity index (χ3v) is 4.26. The third-order valence-electron chi connectivity index (χ3n) is 4.26. The number of hydrogen-bond acceptors (Lipinski definition) is 5. The molecule has 25 heavy (non-hydrogen) atoms. The van der Waals surface area contributed by atoms with Gasteiger partial charge in [0.05, 0.1) is 12.5 Å². The number of likely N-dealkylation sites (tertiary alicyclic amines) is 1. The fourth-order valence-corrected chi connectivity index (χ4v) is 2.92. The average Bonchev–Trinajstić information content (AvgIpc) is 3.15. The van der Waals surface area contributed by atoms with E-state index in [2.05, 4.69) is 10.1 Å². The van der Waals surface area contributed by atoms with Crippen molar-refractivity contribution in [3.63, 3.8) is 0 Å². The molecule has 3 rings (SSSR count). The molecule has 0 aliphatic carbocycles. The summed E-state index contributed by atoms with van der Waals surface area (Å²) in [5, 5.41) is 4.07. The Balaban J connectivity index is 1.68.